The Morgan fingerprint density at radius 2 is 1.57 bits per heavy atom. The van der Waals surface area contributed by atoms with Crippen LogP contribution in [0.15, 0.2) is 52.3 Å². The molecule has 7 nitrogen and oxygen atoms in total. The van der Waals surface area contributed by atoms with E-state index >= 15 is 0 Å². The summed E-state index contributed by atoms with van der Waals surface area (Å²) >= 11 is 6.04. The zero-order valence-electron chi connectivity index (χ0n) is 15.6. The molecule has 0 aliphatic heterocycles. The standard InChI is InChI=1S/C18H21ClN2O5S2/c1-12(2)11-20-18(22)16-10-15(8-9-17(16)19)28(25,26)21-13-4-6-14(7-5-13)27(3,23)24/h4-10,12,21H,11H2,1-3H3,(H,20,22). The molecular weight excluding hydrogens is 424 g/mol. The van der Waals surface area contributed by atoms with Crippen LogP contribution in [0.25, 0.3) is 0 Å². The average Bonchev–Trinajstić information content (AvgIpc) is 2.59. The maximum Gasteiger partial charge on any atom is 0.261 e. The van der Waals surface area contributed by atoms with Crippen LogP contribution in [0.3, 0.4) is 0 Å². The molecule has 0 saturated heterocycles. The number of sulfonamides is 1. The predicted octanol–water partition coefficient (Wildman–Crippen LogP) is 2.93. The molecule has 10 heteroatoms. The second-order valence-corrected chi connectivity index (χ2v) is 10.8. The number of carbonyl (C=O) groups excluding carboxylic acids is 1. The second-order valence-electron chi connectivity index (χ2n) is 6.65. The molecular formula is C18H21ClN2O5S2. The highest BCUT2D eigenvalue weighted by Gasteiger charge is 2.19. The minimum absolute atomic E-state index is 0.0533. The smallest absolute Gasteiger partial charge is 0.261 e. The SMILES string of the molecule is CC(C)CNC(=O)c1cc(S(=O)(=O)Nc2ccc(S(C)(=O)=O)cc2)ccc1Cl. The third kappa shape index (κ3) is 5.70. The van der Waals surface area contributed by atoms with E-state index in [0.29, 0.717) is 6.54 Å². The lowest BCUT2D eigenvalue weighted by Gasteiger charge is -2.12. The number of benzene rings is 2. The van der Waals surface area contributed by atoms with Crippen molar-refractivity contribution < 1.29 is 21.6 Å². The van der Waals surface area contributed by atoms with E-state index in [2.05, 4.69) is 10.0 Å². The van der Waals surface area contributed by atoms with Crippen LogP contribution in [0.1, 0.15) is 24.2 Å². The summed E-state index contributed by atoms with van der Waals surface area (Å²) in [5, 5.41) is 2.83. The second kappa shape index (κ2) is 8.50. The summed E-state index contributed by atoms with van der Waals surface area (Å²) in [6, 6.07) is 9.13. The molecule has 2 rings (SSSR count). The zero-order chi connectivity index (χ0) is 21.1. The van der Waals surface area contributed by atoms with E-state index in [1.54, 1.807) is 0 Å². The Labute approximate surface area is 170 Å². The summed E-state index contributed by atoms with van der Waals surface area (Å²) in [4.78, 5) is 12.2. The third-order valence-electron chi connectivity index (χ3n) is 3.70. The number of hydrogen-bond acceptors (Lipinski definition) is 5. The molecule has 0 aliphatic carbocycles. The highest BCUT2D eigenvalue weighted by Crippen LogP contribution is 2.23. The summed E-state index contributed by atoms with van der Waals surface area (Å²) in [5.41, 5.74) is 0.241. The van der Waals surface area contributed by atoms with Gasteiger partial charge in [0.1, 0.15) is 0 Å². The summed E-state index contributed by atoms with van der Waals surface area (Å²) in [7, 11) is -7.39. The summed E-state index contributed by atoms with van der Waals surface area (Å²) in [6.07, 6.45) is 1.06. The van der Waals surface area contributed by atoms with E-state index < -0.39 is 25.8 Å². The molecule has 2 aromatic rings. The summed E-state index contributed by atoms with van der Waals surface area (Å²) in [5.74, 6) is -0.237. The molecule has 152 valence electrons. The Morgan fingerprint density at radius 1 is 1.00 bits per heavy atom. The lowest BCUT2D eigenvalue weighted by molar-refractivity contribution is 0.0949. The van der Waals surface area contributed by atoms with Crippen molar-refractivity contribution in [2.24, 2.45) is 5.92 Å². The van der Waals surface area contributed by atoms with E-state index in [4.69, 9.17) is 11.6 Å². The monoisotopic (exact) mass is 444 g/mol. The molecule has 1 amide bonds. The lowest BCUT2D eigenvalue weighted by Crippen LogP contribution is -2.27. The number of nitrogens with one attached hydrogen (secondary N) is 2. The van der Waals surface area contributed by atoms with Gasteiger partial charge in [0.2, 0.25) is 0 Å². The third-order valence-corrected chi connectivity index (χ3v) is 6.54. The number of halogens is 1. The molecule has 2 N–H and O–H groups in total. The maximum atomic E-state index is 12.6. The molecule has 0 fully saturated rings. The minimum Gasteiger partial charge on any atom is -0.352 e. The van der Waals surface area contributed by atoms with E-state index in [-0.39, 0.29) is 32.0 Å². The molecule has 0 unspecified atom stereocenters. The first-order chi connectivity index (χ1) is 12.9. The van der Waals surface area contributed by atoms with Crippen molar-refractivity contribution >= 4 is 43.1 Å². The van der Waals surface area contributed by atoms with Crippen LogP contribution in [-0.2, 0) is 19.9 Å². The first kappa shape index (κ1) is 22.2. The van der Waals surface area contributed by atoms with E-state index in [1.165, 1.54) is 42.5 Å². The van der Waals surface area contributed by atoms with Gasteiger partial charge in [-0.3, -0.25) is 9.52 Å². The van der Waals surface area contributed by atoms with Crippen molar-refractivity contribution in [3.63, 3.8) is 0 Å². The zero-order valence-corrected chi connectivity index (χ0v) is 18.0. The first-order valence-electron chi connectivity index (χ1n) is 8.31. The fourth-order valence-corrected chi connectivity index (χ4v) is 4.14. The van der Waals surface area contributed by atoms with Crippen molar-refractivity contribution in [2.75, 3.05) is 17.5 Å². The molecule has 0 bridgehead atoms. The molecule has 0 spiro atoms. The van der Waals surface area contributed by atoms with Crippen LogP contribution in [0, 0.1) is 5.92 Å². The fourth-order valence-electron chi connectivity index (χ4n) is 2.22. The van der Waals surface area contributed by atoms with Gasteiger partial charge in [-0.15, -0.1) is 0 Å². The minimum atomic E-state index is -4.00. The van der Waals surface area contributed by atoms with Gasteiger partial charge in [0.15, 0.2) is 9.84 Å². The van der Waals surface area contributed by atoms with Crippen molar-refractivity contribution in [3.05, 3.63) is 53.1 Å². The van der Waals surface area contributed by atoms with Crippen LogP contribution in [0.5, 0.6) is 0 Å². The Morgan fingerprint density at radius 3 is 2.11 bits per heavy atom. The van der Waals surface area contributed by atoms with Gasteiger partial charge in [-0.25, -0.2) is 16.8 Å². The van der Waals surface area contributed by atoms with Gasteiger partial charge < -0.3 is 5.32 Å². The van der Waals surface area contributed by atoms with Crippen LogP contribution >= 0.6 is 11.6 Å². The average molecular weight is 445 g/mol. The number of rotatable bonds is 7. The van der Waals surface area contributed by atoms with Gasteiger partial charge in [0.25, 0.3) is 15.9 Å². The fraction of sp³-hybridized carbons (Fsp3) is 0.278. The highest BCUT2D eigenvalue weighted by atomic mass is 35.5. The number of amides is 1. The van der Waals surface area contributed by atoms with E-state index in [9.17, 15) is 21.6 Å². The Kier molecular flexibility index (Phi) is 6.74. The highest BCUT2D eigenvalue weighted by molar-refractivity contribution is 7.92. The topological polar surface area (TPSA) is 109 Å². The van der Waals surface area contributed by atoms with Gasteiger partial charge in [0, 0.05) is 18.5 Å². The Bertz CT molecular complexity index is 1080. The van der Waals surface area contributed by atoms with Crippen LogP contribution in [0.4, 0.5) is 5.69 Å². The van der Waals surface area contributed by atoms with E-state index in [0.717, 1.165) is 6.26 Å². The van der Waals surface area contributed by atoms with Gasteiger partial charge in [0.05, 0.1) is 20.4 Å². The van der Waals surface area contributed by atoms with Crippen LogP contribution in [-0.4, -0.2) is 35.5 Å². The van der Waals surface area contributed by atoms with Gasteiger partial charge >= 0.3 is 0 Å². The predicted molar refractivity (Wildman–Crippen MR) is 109 cm³/mol. The quantitative estimate of drug-likeness (QED) is 0.682. The molecule has 28 heavy (non-hydrogen) atoms. The molecule has 0 atom stereocenters. The van der Waals surface area contributed by atoms with Gasteiger partial charge in [-0.1, -0.05) is 25.4 Å². The van der Waals surface area contributed by atoms with E-state index in [1.807, 2.05) is 13.8 Å². The molecule has 0 radical (unpaired) electrons. The molecule has 0 aromatic heterocycles. The molecule has 0 aliphatic rings. The van der Waals surface area contributed by atoms with Crippen molar-refractivity contribution in [1.82, 2.24) is 5.32 Å². The molecule has 0 saturated carbocycles. The van der Waals surface area contributed by atoms with Gasteiger partial charge in [-0.2, -0.15) is 0 Å². The van der Waals surface area contributed by atoms with Crippen molar-refractivity contribution in [3.8, 4) is 0 Å². The van der Waals surface area contributed by atoms with Crippen LogP contribution in [0.2, 0.25) is 5.02 Å². The Balaban J connectivity index is 2.28. The van der Waals surface area contributed by atoms with Gasteiger partial charge in [-0.05, 0) is 48.4 Å². The first-order valence-corrected chi connectivity index (χ1v) is 12.1. The lowest BCUT2D eigenvalue weighted by atomic mass is 10.2. The molecule has 2 aromatic carbocycles. The number of sulfone groups is 1. The number of hydrogen-bond donors (Lipinski definition) is 2. The van der Waals surface area contributed by atoms with Crippen molar-refractivity contribution in [2.45, 2.75) is 23.6 Å². The normalized spacial score (nSPS) is 12.0. The molecule has 0 heterocycles. The van der Waals surface area contributed by atoms with Crippen molar-refractivity contribution in [1.29, 1.82) is 0 Å². The number of carbonyl (C=O) groups is 1. The van der Waals surface area contributed by atoms with Crippen LogP contribution < -0.4 is 10.0 Å². The largest absolute Gasteiger partial charge is 0.352 e. The summed E-state index contributed by atoms with van der Waals surface area (Å²) in [6.45, 7) is 4.29. The Hall–Kier alpha value is -2.10. The number of anilines is 1. The maximum absolute atomic E-state index is 12.6. The summed E-state index contributed by atoms with van der Waals surface area (Å²) < 4.78 is 50.6.